The molecule has 1 rings (SSSR count). The van der Waals surface area contributed by atoms with E-state index in [0.29, 0.717) is 17.9 Å². The van der Waals surface area contributed by atoms with Crippen LogP contribution in [0.4, 0.5) is 0 Å². The van der Waals surface area contributed by atoms with E-state index < -0.39 is 0 Å². The van der Waals surface area contributed by atoms with Gasteiger partial charge >= 0.3 is 0 Å². The number of allylic oxidation sites excluding steroid dienone is 5. The van der Waals surface area contributed by atoms with Crippen molar-refractivity contribution in [1.82, 2.24) is 0 Å². The Balaban J connectivity index is 2.39. The molecule has 1 aromatic carbocycles. The Kier molecular flexibility index (Phi) is 10.0. The Hall–Kier alpha value is -1.74. The maximum Gasteiger partial charge on any atom is 0.220 e. The SMILES string of the molecule is CC(C)=CCCC(C)=CCCC(C)=CCOc1ccccc1C(=O)S. The second-order valence-corrected chi connectivity index (χ2v) is 6.98. The van der Waals surface area contributed by atoms with Crippen LogP contribution in [0.1, 0.15) is 63.7 Å². The smallest absolute Gasteiger partial charge is 0.220 e. The lowest BCUT2D eigenvalue weighted by Gasteiger charge is -2.08. The fraction of sp³-hybridized carbons (Fsp3) is 0.409. The third kappa shape index (κ3) is 9.35. The van der Waals surface area contributed by atoms with Gasteiger partial charge in [0, 0.05) is 0 Å². The van der Waals surface area contributed by atoms with E-state index in [1.165, 1.54) is 16.7 Å². The van der Waals surface area contributed by atoms with Gasteiger partial charge in [0.2, 0.25) is 5.12 Å². The molecule has 0 bridgehead atoms. The van der Waals surface area contributed by atoms with Crippen LogP contribution in [0, 0.1) is 0 Å². The van der Waals surface area contributed by atoms with E-state index in [1.54, 1.807) is 12.1 Å². The van der Waals surface area contributed by atoms with Crippen LogP contribution < -0.4 is 4.74 Å². The molecule has 0 heterocycles. The third-order valence-corrected chi connectivity index (χ3v) is 4.15. The Morgan fingerprint density at radius 2 is 1.56 bits per heavy atom. The van der Waals surface area contributed by atoms with Gasteiger partial charge in [0.25, 0.3) is 0 Å². The molecule has 0 aromatic heterocycles. The van der Waals surface area contributed by atoms with Gasteiger partial charge in [-0.25, -0.2) is 0 Å². The van der Waals surface area contributed by atoms with E-state index in [0.717, 1.165) is 25.7 Å². The average Bonchev–Trinajstić information content (AvgIpc) is 2.54. The van der Waals surface area contributed by atoms with Crippen molar-refractivity contribution < 1.29 is 9.53 Å². The van der Waals surface area contributed by atoms with Gasteiger partial charge in [-0.3, -0.25) is 4.79 Å². The van der Waals surface area contributed by atoms with Crippen LogP contribution in [-0.2, 0) is 0 Å². The second kappa shape index (κ2) is 11.8. The molecular weight excluding hydrogens is 328 g/mol. The van der Waals surface area contributed by atoms with Gasteiger partial charge < -0.3 is 4.74 Å². The monoisotopic (exact) mass is 358 g/mol. The zero-order chi connectivity index (χ0) is 18.7. The number of thiol groups is 1. The maximum absolute atomic E-state index is 11.4. The van der Waals surface area contributed by atoms with Crippen molar-refractivity contribution in [1.29, 1.82) is 0 Å². The summed E-state index contributed by atoms with van der Waals surface area (Å²) >= 11 is 3.88. The molecule has 0 aliphatic carbocycles. The van der Waals surface area contributed by atoms with Crippen molar-refractivity contribution in [2.24, 2.45) is 0 Å². The lowest BCUT2D eigenvalue weighted by molar-refractivity contribution is 0.108. The second-order valence-electron chi connectivity index (χ2n) is 6.57. The highest BCUT2D eigenvalue weighted by Crippen LogP contribution is 2.20. The molecular formula is C22H30O2S. The first-order valence-electron chi connectivity index (χ1n) is 8.80. The summed E-state index contributed by atoms with van der Waals surface area (Å²) in [5.41, 5.74) is 4.63. The van der Waals surface area contributed by atoms with Crippen molar-refractivity contribution >= 4 is 17.7 Å². The fourth-order valence-corrected chi connectivity index (χ4v) is 2.57. The molecule has 0 amide bonds. The van der Waals surface area contributed by atoms with Crippen LogP contribution in [0.3, 0.4) is 0 Å². The van der Waals surface area contributed by atoms with E-state index in [4.69, 9.17) is 4.74 Å². The number of carbonyl (C=O) groups is 1. The zero-order valence-corrected chi connectivity index (χ0v) is 16.7. The van der Waals surface area contributed by atoms with Crippen LogP contribution in [0.15, 0.2) is 59.2 Å². The number of benzene rings is 1. The number of hydrogen-bond donors (Lipinski definition) is 1. The molecule has 0 saturated heterocycles. The van der Waals surface area contributed by atoms with Crippen molar-refractivity contribution in [3.05, 3.63) is 64.8 Å². The third-order valence-electron chi connectivity index (χ3n) is 3.91. The van der Waals surface area contributed by atoms with E-state index >= 15 is 0 Å². The Labute approximate surface area is 158 Å². The van der Waals surface area contributed by atoms with E-state index in [2.05, 4.69) is 58.6 Å². The first-order valence-corrected chi connectivity index (χ1v) is 9.24. The molecule has 0 atom stereocenters. The van der Waals surface area contributed by atoms with E-state index in [9.17, 15) is 4.79 Å². The Morgan fingerprint density at radius 3 is 2.20 bits per heavy atom. The summed E-state index contributed by atoms with van der Waals surface area (Å²) in [7, 11) is 0. The summed E-state index contributed by atoms with van der Waals surface area (Å²) < 4.78 is 5.70. The summed E-state index contributed by atoms with van der Waals surface area (Å²) in [6.07, 6.45) is 11.0. The minimum absolute atomic E-state index is 0.273. The van der Waals surface area contributed by atoms with Crippen LogP contribution in [0.2, 0.25) is 0 Å². The number of para-hydroxylation sites is 1. The Bertz CT molecular complexity index is 650. The number of carbonyl (C=O) groups excluding carboxylic acids is 1. The summed E-state index contributed by atoms with van der Waals surface area (Å²) in [6.45, 7) is 9.06. The molecule has 0 unspecified atom stereocenters. The van der Waals surface area contributed by atoms with Gasteiger partial charge in [0.15, 0.2) is 0 Å². The van der Waals surface area contributed by atoms with Crippen molar-refractivity contribution in [2.45, 2.75) is 53.4 Å². The highest BCUT2D eigenvalue weighted by atomic mass is 32.1. The number of rotatable bonds is 10. The normalized spacial score (nSPS) is 12.0. The molecule has 2 nitrogen and oxygen atoms in total. The van der Waals surface area contributed by atoms with Gasteiger partial charge in [-0.15, -0.1) is 12.6 Å². The van der Waals surface area contributed by atoms with Gasteiger partial charge in [-0.2, -0.15) is 0 Å². The van der Waals surface area contributed by atoms with Crippen LogP contribution >= 0.6 is 12.6 Å². The predicted molar refractivity (Wildman–Crippen MR) is 111 cm³/mol. The number of hydrogen-bond acceptors (Lipinski definition) is 2. The quantitative estimate of drug-likeness (QED) is 0.379. The van der Waals surface area contributed by atoms with Gasteiger partial charge in [-0.1, -0.05) is 41.0 Å². The first kappa shape index (κ1) is 21.3. The summed E-state index contributed by atoms with van der Waals surface area (Å²) in [5, 5.41) is -0.273. The van der Waals surface area contributed by atoms with Gasteiger partial charge in [0.1, 0.15) is 12.4 Å². The molecule has 0 fully saturated rings. The maximum atomic E-state index is 11.4. The standard InChI is InChI=1S/C22H30O2S/c1-17(2)9-7-10-18(3)11-8-12-19(4)15-16-24-21-14-6-5-13-20(21)22(23)25/h5-6,9,11,13-15H,7-8,10,12,16H2,1-4H3,(H,23,25). The molecule has 3 heteroatoms. The molecule has 0 aliphatic heterocycles. The molecule has 0 spiro atoms. The lowest BCUT2D eigenvalue weighted by Crippen LogP contribution is -2.00. The molecule has 0 radical (unpaired) electrons. The molecule has 136 valence electrons. The Morgan fingerprint density at radius 1 is 0.960 bits per heavy atom. The minimum atomic E-state index is -0.273. The number of ether oxygens (including phenoxy) is 1. The molecule has 25 heavy (non-hydrogen) atoms. The van der Waals surface area contributed by atoms with Crippen LogP contribution in [0.25, 0.3) is 0 Å². The minimum Gasteiger partial charge on any atom is -0.489 e. The fourth-order valence-electron chi connectivity index (χ4n) is 2.38. The van der Waals surface area contributed by atoms with Gasteiger partial charge in [0.05, 0.1) is 5.56 Å². The van der Waals surface area contributed by atoms with Gasteiger partial charge in [-0.05, 0) is 71.6 Å². The van der Waals surface area contributed by atoms with Crippen molar-refractivity contribution in [3.63, 3.8) is 0 Å². The van der Waals surface area contributed by atoms with Crippen LogP contribution in [0.5, 0.6) is 5.75 Å². The largest absolute Gasteiger partial charge is 0.489 e. The highest BCUT2D eigenvalue weighted by Gasteiger charge is 2.07. The predicted octanol–water partition coefficient (Wildman–Crippen LogP) is 6.55. The van der Waals surface area contributed by atoms with Crippen molar-refractivity contribution in [3.8, 4) is 5.75 Å². The molecule has 0 N–H and O–H groups in total. The lowest BCUT2D eigenvalue weighted by atomic mass is 10.1. The average molecular weight is 359 g/mol. The summed E-state index contributed by atoms with van der Waals surface area (Å²) in [5.74, 6) is 0.585. The van der Waals surface area contributed by atoms with Crippen LogP contribution in [-0.4, -0.2) is 11.7 Å². The first-order chi connectivity index (χ1) is 11.9. The topological polar surface area (TPSA) is 26.3 Å². The molecule has 1 aromatic rings. The van der Waals surface area contributed by atoms with E-state index in [-0.39, 0.29) is 5.12 Å². The highest BCUT2D eigenvalue weighted by molar-refractivity contribution is 7.97. The summed E-state index contributed by atoms with van der Waals surface area (Å²) in [4.78, 5) is 11.4. The molecule has 0 saturated carbocycles. The van der Waals surface area contributed by atoms with E-state index in [1.807, 2.05) is 12.1 Å². The molecule has 0 aliphatic rings. The summed E-state index contributed by atoms with van der Waals surface area (Å²) in [6, 6.07) is 7.19. The van der Waals surface area contributed by atoms with Crippen molar-refractivity contribution in [2.75, 3.05) is 6.61 Å². The zero-order valence-electron chi connectivity index (χ0n) is 15.8.